The normalized spacial score (nSPS) is 13.4. The Morgan fingerprint density at radius 1 is 1.15 bits per heavy atom. The fourth-order valence-corrected chi connectivity index (χ4v) is 2.15. The molecule has 0 aromatic heterocycles. The molecular formula is C15H15FN2O2. The van der Waals surface area contributed by atoms with Crippen molar-refractivity contribution < 1.29 is 13.9 Å². The number of fused-ring (bicyclic) bond motifs is 1. The van der Waals surface area contributed by atoms with Crippen molar-refractivity contribution in [3.8, 4) is 5.75 Å². The largest absolute Gasteiger partial charge is 0.467 e. The van der Waals surface area contributed by atoms with Gasteiger partial charge in [0.15, 0.2) is 6.79 Å². The van der Waals surface area contributed by atoms with Gasteiger partial charge in [0, 0.05) is 23.4 Å². The summed E-state index contributed by atoms with van der Waals surface area (Å²) in [5, 5.41) is 0. The molecular weight excluding hydrogens is 259 g/mol. The molecule has 4 nitrogen and oxygen atoms in total. The van der Waals surface area contributed by atoms with Crippen molar-refractivity contribution in [1.29, 1.82) is 0 Å². The highest BCUT2D eigenvalue weighted by molar-refractivity contribution is 5.44. The Morgan fingerprint density at radius 3 is 2.85 bits per heavy atom. The topological polar surface area (TPSA) is 42.5 Å². The standard InChI is InChI=1S/C15H15FN2O2/c16-13-6-11(15-12(7-13)9-19-10-20-15)8-17-18-14-4-2-1-3-5-14/h1-7,17-18H,8-10H2. The molecule has 5 heteroatoms. The molecule has 2 aromatic carbocycles. The third-order valence-electron chi connectivity index (χ3n) is 3.04. The lowest BCUT2D eigenvalue weighted by Gasteiger charge is -2.21. The maximum absolute atomic E-state index is 13.5. The highest BCUT2D eigenvalue weighted by atomic mass is 19.1. The van der Waals surface area contributed by atoms with E-state index >= 15 is 0 Å². The van der Waals surface area contributed by atoms with Gasteiger partial charge in [0.1, 0.15) is 11.6 Å². The lowest BCUT2D eigenvalue weighted by atomic mass is 10.1. The third kappa shape index (κ3) is 2.89. The van der Waals surface area contributed by atoms with Crippen LogP contribution in [0.4, 0.5) is 10.1 Å². The molecule has 2 aromatic rings. The molecule has 0 saturated carbocycles. The van der Waals surface area contributed by atoms with Gasteiger partial charge >= 0.3 is 0 Å². The molecule has 0 bridgehead atoms. The van der Waals surface area contributed by atoms with Crippen molar-refractivity contribution >= 4 is 5.69 Å². The second kappa shape index (κ2) is 5.90. The van der Waals surface area contributed by atoms with Crippen LogP contribution in [0.15, 0.2) is 42.5 Å². The Bertz CT molecular complexity index is 590. The van der Waals surface area contributed by atoms with E-state index in [4.69, 9.17) is 9.47 Å². The summed E-state index contributed by atoms with van der Waals surface area (Å²) in [4.78, 5) is 0. The van der Waals surface area contributed by atoms with E-state index in [1.165, 1.54) is 12.1 Å². The molecule has 0 aliphatic carbocycles. The Morgan fingerprint density at radius 2 is 2.00 bits per heavy atom. The second-order valence-electron chi connectivity index (χ2n) is 4.51. The molecule has 0 atom stereocenters. The number of hydrazine groups is 1. The minimum absolute atomic E-state index is 0.206. The highest BCUT2D eigenvalue weighted by Gasteiger charge is 2.16. The van der Waals surface area contributed by atoms with Crippen LogP contribution in [0.1, 0.15) is 11.1 Å². The van der Waals surface area contributed by atoms with E-state index in [1.807, 2.05) is 30.3 Å². The van der Waals surface area contributed by atoms with E-state index in [9.17, 15) is 4.39 Å². The zero-order valence-corrected chi connectivity index (χ0v) is 10.9. The molecule has 104 valence electrons. The van der Waals surface area contributed by atoms with Gasteiger partial charge < -0.3 is 14.9 Å². The van der Waals surface area contributed by atoms with Gasteiger partial charge in [-0.25, -0.2) is 9.82 Å². The van der Waals surface area contributed by atoms with E-state index in [0.717, 1.165) is 16.8 Å². The molecule has 0 spiro atoms. The predicted octanol–water partition coefficient (Wildman–Crippen LogP) is 2.81. The lowest BCUT2D eigenvalue weighted by molar-refractivity contribution is -0.0173. The average molecular weight is 274 g/mol. The third-order valence-corrected chi connectivity index (χ3v) is 3.04. The van der Waals surface area contributed by atoms with Crippen molar-refractivity contribution in [3.05, 3.63) is 59.4 Å². The van der Waals surface area contributed by atoms with E-state index in [-0.39, 0.29) is 12.6 Å². The number of nitrogens with one attached hydrogen (secondary N) is 2. The van der Waals surface area contributed by atoms with Gasteiger partial charge in [0.05, 0.1) is 6.61 Å². The number of rotatable bonds is 4. The zero-order chi connectivity index (χ0) is 13.8. The van der Waals surface area contributed by atoms with E-state index < -0.39 is 0 Å². The number of hydrogen-bond donors (Lipinski definition) is 2. The summed E-state index contributed by atoms with van der Waals surface area (Å²) in [7, 11) is 0. The van der Waals surface area contributed by atoms with Crippen molar-refractivity contribution in [3.63, 3.8) is 0 Å². The van der Waals surface area contributed by atoms with Crippen LogP contribution < -0.4 is 15.6 Å². The number of benzene rings is 2. The van der Waals surface area contributed by atoms with E-state index in [0.29, 0.717) is 18.9 Å². The summed E-state index contributed by atoms with van der Waals surface area (Å²) >= 11 is 0. The molecule has 0 unspecified atom stereocenters. The van der Waals surface area contributed by atoms with Gasteiger partial charge in [-0.15, -0.1) is 0 Å². The van der Waals surface area contributed by atoms with E-state index in [2.05, 4.69) is 10.9 Å². The molecule has 0 radical (unpaired) electrons. The molecule has 3 rings (SSSR count). The monoisotopic (exact) mass is 274 g/mol. The van der Waals surface area contributed by atoms with Gasteiger partial charge in [-0.2, -0.15) is 0 Å². The van der Waals surface area contributed by atoms with Crippen molar-refractivity contribution in [2.75, 3.05) is 12.2 Å². The molecule has 2 N–H and O–H groups in total. The van der Waals surface area contributed by atoms with Crippen molar-refractivity contribution in [2.45, 2.75) is 13.2 Å². The van der Waals surface area contributed by atoms with E-state index in [1.54, 1.807) is 0 Å². The first-order valence-corrected chi connectivity index (χ1v) is 6.39. The Balaban J connectivity index is 1.69. The van der Waals surface area contributed by atoms with Crippen LogP contribution in [0, 0.1) is 5.82 Å². The Kier molecular flexibility index (Phi) is 3.80. The molecule has 0 amide bonds. The van der Waals surface area contributed by atoms with Crippen LogP contribution in [-0.2, 0) is 17.9 Å². The average Bonchev–Trinajstić information content (AvgIpc) is 2.48. The molecule has 0 saturated heterocycles. The van der Waals surface area contributed by atoms with Gasteiger partial charge in [-0.05, 0) is 24.3 Å². The summed E-state index contributed by atoms with van der Waals surface area (Å²) in [6, 6.07) is 12.6. The van der Waals surface area contributed by atoms with Crippen LogP contribution in [0.2, 0.25) is 0 Å². The predicted molar refractivity (Wildman–Crippen MR) is 73.6 cm³/mol. The fourth-order valence-electron chi connectivity index (χ4n) is 2.15. The van der Waals surface area contributed by atoms with Crippen LogP contribution in [0.3, 0.4) is 0 Å². The SMILES string of the molecule is Fc1cc(CNNc2ccccc2)c2c(c1)COCO2. The summed E-state index contributed by atoms with van der Waals surface area (Å²) < 4.78 is 24.2. The molecule has 1 aliphatic rings. The number of para-hydroxylation sites is 1. The van der Waals surface area contributed by atoms with Crippen LogP contribution in [0.25, 0.3) is 0 Å². The maximum atomic E-state index is 13.5. The van der Waals surface area contributed by atoms with Gasteiger partial charge in [0.2, 0.25) is 0 Å². The fraction of sp³-hybridized carbons (Fsp3) is 0.200. The van der Waals surface area contributed by atoms with Crippen LogP contribution >= 0.6 is 0 Å². The number of ether oxygens (including phenoxy) is 2. The minimum Gasteiger partial charge on any atom is -0.467 e. The first kappa shape index (κ1) is 12.9. The maximum Gasteiger partial charge on any atom is 0.189 e. The van der Waals surface area contributed by atoms with Gasteiger partial charge in [0.25, 0.3) is 0 Å². The molecule has 0 fully saturated rings. The van der Waals surface area contributed by atoms with Crippen LogP contribution in [-0.4, -0.2) is 6.79 Å². The van der Waals surface area contributed by atoms with Crippen molar-refractivity contribution in [2.24, 2.45) is 0 Å². The number of anilines is 1. The zero-order valence-electron chi connectivity index (χ0n) is 10.9. The smallest absolute Gasteiger partial charge is 0.189 e. The number of hydrogen-bond acceptors (Lipinski definition) is 4. The molecule has 1 aliphatic heterocycles. The van der Waals surface area contributed by atoms with Crippen LogP contribution in [0.5, 0.6) is 5.75 Å². The molecule has 20 heavy (non-hydrogen) atoms. The Labute approximate surface area is 116 Å². The van der Waals surface area contributed by atoms with Gasteiger partial charge in [-0.3, -0.25) is 0 Å². The second-order valence-corrected chi connectivity index (χ2v) is 4.51. The quantitative estimate of drug-likeness (QED) is 0.841. The molecule has 1 heterocycles. The summed E-state index contributed by atoms with van der Waals surface area (Å²) in [6.07, 6.45) is 0. The van der Waals surface area contributed by atoms with Gasteiger partial charge in [-0.1, -0.05) is 18.2 Å². The summed E-state index contributed by atoms with van der Waals surface area (Å²) in [6.45, 7) is 1.04. The number of halogens is 1. The van der Waals surface area contributed by atoms with Crippen molar-refractivity contribution in [1.82, 2.24) is 5.43 Å². The summed E-state index contributed by atoms with van der Waals surface area (Å²) in [5.74, 6) is 0.425. The highest BCUT2D eigenvalue weighted by Crippen LogP contribution is 2.29. The minimum atomic E-state index is -0.283. The first-order chi connectivity index (χ1) is 9.83. The first-order valence-electron chi connectivity index (χ1n) is 6.39. The lowest BCUT2D eigenvalue weighted by Crippen LogP contribution is -2.22. The summed E-state index contributed by atoms with van der Waals surface area (Å²) in [5.41, 5.74) is 8.58. The Hall–Kier alpha value is -2.11.